The van der Waals surface area contributed by atoms with E-state index in [0.717, 1.165) is 25.4 Å². The zero-order chi connectivity index (χ0) is 15.3. The molecular weight excluding hydrogens is 320 g/mol. The lowest BCUT2D eigenvalue weighted by Gasteiger charge is -1.95. The third kappa shape index (κ3) is 2.16. The maximum atomic E-state index is 12.1. The van der Waals surface area contributed by atoms with E-state index in [0.29, 0.717) is 10.8 Å². The molecule has 6 nitrogen and oxygen atoms in total. The van der Waals surface area contributed by atoms with Crippen LogP contribution < -0.4 is 5.32 Å². The second kappa shape index (κ2) is 4.85. The summed E-state index contributed by atoms with van der Waals surface area (Å²) in [6, 6.07) is 5.54. The molecule has 0 spiro atoms. The summed E-state index contributed by atoms with van der Waals surface area (Å²) < 4.78 is 7.05. The average Bonchev–Trinajstić information content (AvgIpc) is 3.15. The lowest BCUT2D eigenvalue weighted by atomic mass is 10.3. The van der Waals surface area contributed by atoms with Crippen LogP contribution in [0.25, 0.3) is 20.4 Å². The van der Waals surface area contributed by atoms with Crippen molar-refractivity contribution in [2.45, 2.75) is 13.8 Å². The third-order valence-electron chi connectivity index (χ3n) is 3.09. The van der Waals surface area contributed by atoms with Gasteiger partial charge < -0.3 is 4.52 Å². The molecule has 0 unspecified atom stereocenters. The van der Waals surface area contributed by atoms with Crippen LogP contribution in [0.5, 0.6) is 0 Å². The van der Waals surface area contributed by atoms with Crippen LogP contribution in [0, 0.1) is 13.8 Å². The van der Waals surface area contributed by atoms with Crippen LogP contribution in [-0.2, 0) is 0 Å². The Labute approximate surface area is 132 Å². The van der Waals surface area contributed by atoms with Crippen LogP contribution in [0.4, 0.5) is 5.13 Å². The molecule has 0 radical (unpaired) electrons. The molecule has 0 atom stereocenters. The number of nitrogens with zero attached hydrogens (tertiary/aromatic N) is 3. The van der Waals surface area contributed by atoms with Crippen molar-refractivity contribution in [1.82, 2.24) is 15.1 Å². The summed E-state index contributed by atoms with van der Waals surface area (Å²) in [6.45, 7) is 3.74. The van der Waals surface area contributed by atoms with E-state index in [-0.39, 0.29) is 11.7 Å². The Morgan fingerprint density at radius 2 is 2.09 bits per heavy atom. The molecule has 8 heteroatoms. The number of carbonyl (C=O) groups excluding carboxylic acids is 1. The van der Waals surface area contributed by atoms with Crippen molar-refractivity contribution in [3.8, 4) is 0 Å². The smallest absolute Gasteiger partial charge is 0.296 e. The number of fused-ring (bicyclic) bond motifs is 3. The summed E-state index contributed by atoms with van der Waals surface area (Å²) in [6.07, 6.45) is 0. The van der Waals surface area contributed by atoms with Crippen LogP contribution in [0.15, 0.2) is 22.7 Å². The molecule has 3 aromatic heterocycles. The van der Waals surface area contributed by atoms with E-state index >= 15 is 0 Å². The zero-order valence-corrected chi connectivity index (χ0v) is 13.3. The number of aromatic nitrogens is 3. The van der Waals surface area contributed by atoms with Gasteiger partial charge in [-0.25, -0.2) is 9.97 Å². The van der Waals surface area contributed by atoms with E-state index in [1.165, 1.54) is 11.3 Å². The molecule has 110 valence electrons. The molecule has 0 aliphatic heterocycles. The van der Waals surface area contributed by atoms with Crippen molar-refractivity contribution in [3.63, 3.8) is 0 Å². The minimum atomic E-state index is -0.356. The molecule has 4 aromatic rings. The first-order valence-electron chi connectivity index (χ1n) is 6.51. The SMILES string of the molecule is Cc1cc(C(=O)Nc2nc3ccc4sc(C)nc4c3s2)on1. The Balaban J connectivity index is 1.73. The van der Waals surface area contributed by atoms with Crippen LogP contribution in [0.3, 0.4) is 0 Å². The van der Waals surface area contributed by atoms with Gasteiger partial charge in [-0.1, -0.05) is 16.5 Å². The highest BCUT2D eigenvalue weighted by Crippen LogP contribution is 2.34. The molecule has 4 rings (SSSR count). The Kier molecular flexibility index (Phi) is 2.95. The monoisotopic (exact) mass is 330 g/mol. The molecule has 1 amide bonds. The second-order valence-electron chi connectivity index (χ2n) is 4.80. The number of aryl methyl sites for hydroxylation is 2. The number of nitrogens with one attached hydrogen (secondary N) is 1. The summed E-state index contributed by atoms with van der Waals surface area (Å²) in [5, 5.41) is 7.98. The van der Waals surface area contributed by atoms with E-state index < -0.39 is 0 Å². The van der Waals surface area contributed by atoms with Gasteiger partial charge in [-0.2, -0.15) is 0 Å². The van der Waals surface area contributed by atoms with Crippen molar-refractivity contribution in [1.29, 1.82) is 0 Å². The maximum Gasteiger partial charge on any atom is 0.296 e. The number of anilines is 1. The first kappa shape index (κ1) is 13.4. The average molecular weight is 330 g/mol. The molecule has 1 aromatic carbocycles. The van der Waals surface area contributed by atoms with Gasteiger partial charge in [-0.3, -0.25) is 10.1 Å². The first-order valence-corrected chi connectivity index (χ1v) is 8.15. The lowest BCUT2D eigenvalue weighted by Crippen LogP contribution is -2.10. The standard InChI is InChI=1S/C14H10N4O2S2/c1-6-5-9(20-18-6)13(19)17-14-16-8-3-4-10-11(12(8)22-14)15-7(2)21-10/h3-5H,1-2H3,(H,16,17,19). The largest absolute Gasteiger partial charge is 0.351 e. The van der Waals surface area contributed by atoms with Gasteiger partial charge in [0.05, 0.1) is 25.6 Å². The number of thiazole rings is 2. The molecule has 3 heterocycles. The molecule has 0 saturated carbocycles. The first-order chi connectivity index (χ1) is 10.6. The molecule has 1 N–H and O–H groups in total. The number of hydrogen-bond donors (Lipinski definition) is 1. The van der Waals surface area contributed by atoms with Gasteiger partial charge in [0, 0.05) is 6.07 Å². The summed E-state index contributed by atoms with van der Waals surface area (Å²) in [4.78, 5) is 21.1. The van der Waals surface area contributed by atoms with Crippen molar-refractivity contribution in [2.75, 3.05) is 5.32 Å². The van der Waals surface area contributed by atoms with E-state index in [2.05, 4.69) is 20.4 Å². The summed E-state index contributed by atoms with van der Waals surface area (Å²) >= 11 is 3.06. The second-order valence-corrected chi connectivity index (χ2v) is 7.03. The molecule has 0 bridgehead atoms. The van der Waals surface area contributed by atoms with Gasteiger partial charge in [0.15, 0.2) is 5.13 Å². The van der Waals surface area contributed by atoms with Crippen molar-refractivity contribution in [2.24, 2.45) is 0 Å². The maximum absolute atomic E-state index is 12.1. The highest BCUT2D eigenvalue weighted by Gasteiger charge is 2.16. The molecule has 0 saturated heterocycles. The van der Waals surface area contributed by atoms with Gasteiger partial charge in [0.1, 0.15) is 5.52 Å². The van der Waals surface area contributed by atoms with Gasteiger partial charge in [-0.05, 0) is 26.0 Å². The molecule has 0 aliphatic carbocycles. The number of hydrogen-bond acceptors (Lipinski definition) is 7. The van der Waals surface area contributed by atoms with Gasteiger partial charge in [0.25, 0.3) is 5.91 Å². The quantitative estimate of drug-likeness (QED) is 0.605. The molecule has 0 fully saturated rings. The predicted octanol–water partition coefficient (Wildman–Crippen LogP) is 3.76. The van der Waals surface area contributed by atoms with Crippen LogP contribution in [0.2, 0.25) is 0 Å². The molecule has 0 aliphatic rings. The van der Waals surface area contributed by atoms with Crippen LogP contribution >= 0.6 is 22.7 Å². The number of rotatable bonds is 2. The Hall–Kier alpha value is -2.32. The molecular formula is C14H10N4O2S2. The predicted molar refractivity (Wildman–Crippen MR) is 86.7 cm³/mol. The number of carbonyl (C=O) groups is 1. The van der Waals surface area contributed by atoms with Crippen molar-refractivity contribution < 1.29 is 9.32 Å². The number of benzene rings is 1. The highest BCUT2D eigenvalue weighted by molar-refractivity contribution is 7.24. The minimum Gasteiger partial charge on any atom is -0.351 e. The zero-order valence-electron chi connectivity index (χ0n) is 11.7. The van der Waals surface area contributed by atoms with E-state index in [1.807, 2.05) is 19.1 Å². The van der Waals surface area contributed by atoms with Gasteiger partial charge >= 0.3 is 0 Å². The fourth-order valence-electron chi connectivity index (χ4n) is 2.17. The van der Waals surface area contributed by atoms with Gasteiger partial charge in [0.2, 0.25) is 5.76 Å². The fourth-order valence-corrected chi connectivity index (χ4v) is 4.02. The summed E-state index contributed by atoms with van der Waals surface area (Å²) in [5.74, 6) is -0.184. The number of amides is 1. The van der Waals surface area contributed by atoms with Crippen LogP contribution in [-0.4, -0.2) is 21.0 Å². The fraction of sp³-hybridized carbons (Fsp3) is 0.143. The Morgan fingerprint density at radius 3 is 2.86 bits per heavy atom. The van der Waals surface area contributed by atoms with Crippen molar-refractivity contribution in [3.05, 3.63) is 34.7 Å². The van der Waals surface area contributed by atoms with Gasteiger partial charge in [-0.15, -0.1) is 11.3 Å². The van der Waals surface area contributed by atoms with E-state index in [4.69, 9.17) is 4.52 Å². The summed E-state index contributed by atoms with van der Waals surface area (Å²) in [7, 11) is 0. The van der Waals surface area contributed by atoms with Crippen LogP contribution in [0.1, 0.15) is 21.3 Å². The van der Waals surface area contributed by atoms with E-state index in [9.17, 15) is 4.79 Å². The summed E-state index contributed by atoms with van der Waals surface area (Å²) in [5.41, 5.74) is 2.43. The lowest BCUT2D eigenvalue weighted by molar-refractivity contribution is 0.0988. The topological polar surface area (TPSA) is 80.9 Å². The normalized spacial score (nSPS) is 11.4. The van der Waals surface area contributed by atoms with Crippen molar-refractivity contribution >= 4 is 54.1 Å². The highest BCUT2D eigenvalue weighted by atomic mass is 32.1. The third-order valence-corrected chi connectivity index (χ3v) is 5.02. The Bertz CT molecular complexity index is 1010. The van der Waals surface area contributed by atoms with E-state index in [1.54, 1.807) is 24.3 Å². The molecule has 22 heavy (non-hydrogen) atoms. The minimum absolute atomic E-state index is 0.173. The Morgan fingerprint density at radius 1 is 1.23 bits per heavy atom.